The Hall–Kier alpha value is -1.46. The minimum atomic E-state index is -1.43. The lowest BCUT2D eigenvalue weighted by Crippen LogP contribution is -2.05. The van der Waals surface area contributed by atoms with Crippen LogP contribution in [0.5, 0.6) is 0 Å². The molecule has 0 saturated heterocycles. The highest BCUT2D eigenvalue weighted by Crippen LogP contribution is 2.35. The van der Waals surface area contributed by atoms with Crippen LogP contribution in [-0.4, -0.2) is 5.78 Å². The van der Waals surface area contributed by atoms with Crippen molar-refractivity contribution >= 4 is 48.6 Å². The highest BCUT2D eigenvalue weighted by atomic mass is 79.9. The van der Waals surface area contributed by atoms with Gasteiger partial charge in [-0.2, -0.15) is 0 Å². The predicted octanol–water partition coefficient (Wildman–Crippen LogP) is 6.53. The molecule has 2 aromatic carbocycles. The lowest BCUT2D eigenvalue weighted by atomic mass is 9.98. The second kappa shape index (κ2) is 6.21. The first-order chi connectivity index (χ1) is 11.3. The highest BCUT2D eigenvalue weighted by molar-refractivity contribution is 9.11. The number of hydrogen-bond donors (Lipinski definition) is 0. The van der Waals surface area contributed by atoms with E-state index in [1.54, 1.807) is 24.3 Å². The largest absolute Gasteiger partial charge is 0.457 e. The van der Waals surface area contributed by atoms with Gasteiger partial charge in [0.25, 0.3) is 0 Å². The maximum Gasteiger partial charge on any atom is 0.197 e. The molecule has 0 saturated carbocycles. The first-order valence-corrected chi connectivity index (χ1v) is 8.55. The summed E-state index contributed by atoms with van der Waals surface area (Å²) in [7, 11) is 0. The summed E-state index contributed by atoms with van der Waals surface area (Å²) < 4.78 is 28.8. The number of halogens is 3. The number of ketones is 1. The smallest absolute Gasteiger partial charge is 0.197 e. The summed E-state index contributed by atoms with van der Waals surface area (Å²) in [6.45, 7) is 3.25. The third kappa shape index (κ3) is 2.88. The van der Waals surface area contributed by atoms with E-state index in [0.29, 0.717) is 16.5 Å². The Morgan fingerprint density at radius 3 is 2.57 bits per heavy atom. The van der Waals surface area contributed by atoms with E-state index in [2.05, 4.69) is 31.9 Å². The second-order valence-electron chi connectivity index (χ2n) is 5.27. The summed E-state index contributed by atoms with van der Waals surface area (Å²) in [5.74, 6) is -0.319. The van der Waals surface area contributed by atoms with Crippen LogP contribution < -0.4 is 0 Å². The number of carbonyl (C=O) groups is 1. The maximum absolute atomic E-state index is 14.0. The summed E-state index contributed by atoms with van der Waals surface area (Å²) in [4.78, 5) is 13.0. The van der Waals surface area contributed by atoms with E-state index in [9.17, 15) is 9.18 Å². The zero-order valence-corrected chi connectivity index (χ0v) is 15.6. The van der Waals surface area contributed by atoms with Crippen LogP contribution in [0.4, 0.5) is 4.39 Å². The molecule has 0 bridgehead atoms. The first kappa shape index (κ1) is 15.1. The molecule has 0 spiro atoms. The van der Waals surface area contributed by atoms with Crippen molar-refractivity contribution in [1.82, 2.24) is 0 Å². The molecule has 1 atom stereocenters. The Bertz CT molecular complexity index is 940. The van der Waals surface area contributed by atoms with E-state index in [-0.39, 0.29) is 23.1 Å². The van der Waals surface area contributed by atoms with Crippen LogP contribution in [0.25, 0.3) is 11.0 Å². The van der Waals surface area contributed by atoms with Gasteiger partial charge in [0.15, 0.2) is 12.0 Å². The van der Waals surface area contributed by atoms with Crippen molar-refractivity contribution in [2.45, 2.75) is 20.0 Å². The SMILES string of the molecule is [2H]c1ccc2c(C(=O)c3cc(Br)c(C)c(Br)c3)c(C(C)F)oc2c1. The van der Waals surface area contributed by atoms with Crippen LogP contribution in [0.1, 0.15) is 41.7 Å². The Balaban J connectivity index is 2.24. The van der Waals surface area contributed by atoms with Gasteiger partial charge in [-0.1, -0.05) is 50.0 Å². The van der Waals surface area contributed by atoms with Crippen LogP contribution in [0.2, 0.25) is 0 Å². The molecule has 0 aliphatic carbocycles. The predicted molar refractivity (Wildman–Crippen MR) is 95.7 cm³/mol. The molecule has 3 aromatic rings. The number of carbonyl (C=O) groups excluding carboxylic acids is 1. The molecule has 0 fully saturated rings. The lowest BCUT2D eigenvalue weighted by Gasteiger charge is -2.07. The second-order valence-corrected chi connectivity index (χ2v) is 6.98. The van der Waals surface area contributed by atoms with Gasteiger partial charge in [-0.25, -0.2) is 4.39 Å². The number of para-hydroxylation sites is 1. The molecular formula is C18H13Br2FO2. The maximum atomic E-state index is 14.0. The fourth-order valence-electron chi connectivity index (χ4n) is 2.44. The molecule has 0 radical (unpaired) electrons. The van der Waals surface area contributed by atoms with Gasteiger partial charge in [0.2, 0.25) is 0 Å². The van der Waals surface area contributed by atoms with Crippen molar-refractivity contribution in [3.63, 3.8) is 0 Å². The lowest BCUT2D eigenvalue weighted by molar-refractivity contribution is 0.103. The van der Waals surface area contributed by atoms with E-state index in [1.165, 1.54) is 13.0 Å². The molecule has 0 aliphatic heterocycles. The molecule has 118 valence electrons. The average molecular weight is 441 g/mol. The van der Waals surface area contributed by atoms with Gasteiger partial charge in [0, 0.05) is 19.9 Å². The molecule has 1 unspecified atom stereocenters. The third-order valence-corrected chi connectivity index (χ3v) is 5.34. The quantitative estimate of drug-likeness (QED) is 0.433. The molecule has 1 heterocycles. The molecule has 23 heavy (non-hydrogen) atoms. The number of alkyl halides is 1. The normalized spacial score (nSPS) is 13.2. The molecule has 0 amide bonds. The first-order valence-electron chi connectivity index (χ1n) is 7.47. The van der Waals surface area contributed by atoms with Crippen molar-refractivity contribution in [2.24, 2.45) is 0 Å². The van der Waals surface area contributed by atoms with Crippen LogP contribution >= 0.6 is 31.9 Å². The van der Waals surface area contributed by atoms with E-state index in [1.807, 2.05) is 6.92 Å². The van der Waals surface area contributed by atoms with E-state index in [0.717, 1.165) is 14.5 Å². The zero-order chi connectivity index (χ0) is 17.6. The number of hydrogen-bond acceptors (Lipinski definition) is 2. The Morgan fingerprint density at radius 2 is 1.96 bits per heavy atom. The molecule has 2 nitrogen and oxygen atoms in total. The van der Waals surface area contributed by atoms with Crippen LogP contribution in [0.15, 0.2) is 49.7 Å². The summed E-state index contributed by atoms with van der Waals surface area (Å²) in [5.41, 5.74) is 1.96. The van der Waals surface area contributed by atoms with Gasteiger partial charge in [0.05, 0.1) is 6.93 Å². The third-order valence-electron chi connectivity index (χ3n) is 3.69. The summed E-state index contributed by atoms with van der Waals surface area (Å²) in [5, 5.41) is 0.517. The average Bonchev–Trinajstić information content (AvgIpc) is 2.90. The molecular weight excluding hydrogens is 427 g/mol. The minimum absolute atomic E-state index is 0.00609. The van der Waals surface area contributed by atoms with Crippen LogP contribution in [0, 0.1) is 6.92 Å². The van der Waals surface area contributed by atoms with Gasteiger partial charge in [-0.3, -0.25) is 4.79 Å². The summed E-state index contributed by atoms with van der Waals surface area (Å²) in [6.07, 6.45) is -1.43. The van der Waals surface area contributed by atoms with Gasteiger partial charge in [-0.15, -0.1) is 0 Å². The van der Waals surface area contributed by atoms with Crippen molar-refractivity contribution in [2.75, 3.05) is 0 Å². The highest BCUT2D eigenvalue weighted by Gasteiger charge is 2.25. The Morgan fingerprint density at radius 1 is 1.30 bits per heavy atom. The fraction of sp³-hybridized carbons (Fsp3) is 0.167. The van der Waals surface area contributed by atoms with Gasteiger partial charge >= 0.3 is 0 Å². The number of furan rings is 1. The molecule has 0 aliphatic rings. The van der Waals surface area contributed by atoms with Gasteiger partial charge < -0.3 is 4.42 Å². The molecule has 5 heteroatoms. The van der Waals surface area contributed by atoms with Crippen LogP contribution in [-0.2, 0) is 0 Å². The Labute approximate surface area is 151 Å². The Kier molecular flexibility index (Phi) is 4.07. The molecule has 0 N–H and O–H groups in total. The zero-order valence-electron chi connectivity index (χ0n) is 13.4. The van der Waals surface area contributed by atoms with Crippen molar-refractivity contribution in [3.8, 4) is 0 Å². The van der Waals surface area contributed by atoms with E-state index >= 15 is 0 Å². The van der Waals surface area contributed by atoms with Crippen molar-refractivity contribution in [3.05, 3.63) is 67.8 Å². The summed E-state index contributed by atoms with van der Waals surface area (Å²) in [6, 6.07) is 8.34. The van der Waals surface area contributed by atoms with E-state index < -0.39 is 6.17 Å². The van der Waals surface area contributed by atoms with Gasteiger partial charge in [-0.05, 0) is 37.6 Å². The monoisotopic (exact) mass is 439 g/mol. The minimum Gasteiger partial charge on any atom is -0.457 e. The standard InChI is InChI=1S/C18H13Br2FO2/c1-9-13(19)7-11(8-14(9)20)17(22)16-12-5-3-4-6-15(12)23-18(16)10(2)21/h3-8,10H,1-2H3/i4D. The van der Waals surface area contributed by atoms with Crippen molar-refractivity contribution in [1.29, 1.82) is 0 Å². The number of rotatable bonds is 3. The van der Waals surface area contributed by atoms with E-state index in [4.69, 9.17) is 5.79 Å². The van der Waals surface area contributed by atoms with Crippen LogP contribution in [0.3, 0.4) is 0 Å². The fourth-order valence-corrected chi connectivity index (χ4v) is 3.63. The summed E-state index contributed by atoms with van der Waals surface area (Å²) >= 11 is 6.86. The van der Waals surface area contributed by atoms with Gasteiger partial charge in [0.1, 0.15) is 11.3 Å². The number of fused-ring (bicyclic) bond motifs is 1. The molecule has 1 aromatic heterocycles. The van der Waals surface area contributed by atoms with Crippen molar-refractivity contribution < 1.29 is 15.0 Å². The number of benzene rings is 2. The topological polar surface area (TPSA) is 30.2 Å². The molecule has 3 rings (SSSR count).